The predicted molar refractivity (Wildman–Crippen MR) is 56.1 cm³/mol. The number of esters is 1. The second-order valence-corrected chi connectivity index (χ2v) is 4.24. The van der Waals surface area contributed by atoms with E-state index in [1.807, 2.05) is 6.92 Å². The first-order valence-corrected chi connectivity index (χ1v) is 5.27. The molecule has 0 radical (unpaired) electrons. The highest BCUT2D eigenvalue weighted by Gasteiger charge is 2.42. The van der Waals surface area contributed by atoms with E-state index in [4.69, 9.17) is 10.3 Å². The summed E-state index contributed by atoms with van der Waals surface area (Å²) in [6, 6.07) is -0.146. The van der Waals surface area contributed by atoms with Gasteiger partial charge in [-0.2, -0.15) is 0 Å². The number of azide groups is 1. The minimum absolute atomic E-state index is 0.146. The highest BCUT2D eigenvalue weighted by atomic mass is 16.5. The molecule has 1 rings (SSSR count). The van der Waals surface area contributed by atoms with Crippen LogP contribution in [-0.4, -0.2) is 19.1 Å². The Morgan fingerprint density at radius 2 is 2.20 bits per heavy atom. The third kappa shape index (κ3) is 2.63. The van der Waals surface area contributed by atoms with Gasteiger partial charge in [0.15, 0.2) is 0 Å². The minimum atomic E-state index is -0.400. The van der Waals surface area contributed by atoms with Crippen molar-refractivity contribution < 1.29 is 9.53 Å². The molecule has 1 saturated carbocycles. The summed E-state index contributed by atoms with van der Waals surface area (Å²) in [6.07, 6.45) is 4.41. The van der Waals surface area contributed by atoms with E-state index >= 15 is 0 Å². The standard InChI is InChI=1S/C10H17N3O2/c1-8(12-13-11)7-10(9(14)15-2)5-3-4-6-10/h8H,3-7H2,1-2H3. The zero-order valence-corrected chi connectivity index (χ0v) is 9.27. The predicted octanol–water partition coefficient (Wildman–Crippen LogP) is 2.81. The summed E-state index contributed by atoms with van der Waals surface area (Å²) in [6.45, 7) is 1.84. The zero-order chi connectivity index (χ0) is 11.3. The molecule has 5 heteroatoms. The molecule has 0 bridgehead atoms. The average molecular weight is 211 g/mol. The first-order valence-electron chi connectivity index (χ1n) is 5.27. The summed E-state index contributed by atoms with van der Waals surface area (Å²) in [7, 11) is 1.42. The molecule has 1 unspecified atom stereocenters. The molecule has 0 saturated heterocycles. The minimum Gasteiger partial charge on any atom is -0.469 e. The van der Waals surface area contributed by atoms with Crippen molar-refractivity contribution in [3.05, 3.63) is 10.4 Å². The van der Waals surface area contributed by atoms with E-state index in [0.717, 1.165) is 25.7 Å². The van der Waals surface area contributed by atoms with E-state index in [-0.39, 0.29) is 12.0 Å². The van der Waals surface area contributed by atoms with Gasteiger partial charge in [-0.05, 0) is 24.8 Å². The fourth-order valence-corrected chi connectivity index (χ4v) is 2.45. The number of carbonyl (C=O) groups excluding carboxylic acids is 1. The van der Waals surface area contributed by atoms with E-state index in [1.165, 1.54) is 7.11 Å². The lowest BCUT2D eigenvalue weighted by molar-refractivity contribution is -0.153. The summed E-state index contributed by atoms with van der Waals surface area (Å²) in [5.74, 6) is -0.153. The second-order valence-electron chi connectivity index (χ2n) is 4.24. The molecule has 0 amide bonds. The van der Waals surface area contributed by atoms with E-state index < -0.39 is 5.41 Å². The van der Waals surface area contributed by atoms with Crippen molar-refractivity contribution in [2.75, 3.05) is 7.11 Å². The number of methoxy groups -OCH3 is 1. The Morgan fingerprint density at radius 1 is 1.60 bits per heavy atom. The van der Waals surface area contributed by atoms with Gasteiger partial charge >= 0.3 is 5.97 Å². The first-order chi connectivity index (χ1) is 7.14. The average Bonchev–Trinajstić information content (AvgIpc) is 2.66. The molecule has 0 N–H and O–H groups in total. The lowest BCUT2D eigenvalue weighted by atomic mass is 9.80. The van der Waals surface area contributed by atoms with E-state index in [9.17, 15) is 4.79 Å². The molecule has 15 heavy (non-hydrogen) atoms. The van der Waals surface area contributed by atoms with E-state index in [2.05, 4.69) is 10.0 Å². The molecular weight excluding hydrogens is 194 g/mol. The van der Waals surface area contributed by atoms with Gasteiger partial charge < -0.3 is 4.74 Å². The lowest BCUT2D eigenvalue weighted by Crippen LogP contribution is -2.32. The number of rotatable bonds is 4. The van der Waals surface area contributed by atoms with Crippen molar-refractivity contribution in [2.45, 2.75) is 45.1 Å². The molecule has 0 aromatic heterocycles. The molecule has 0 heterocycles. The topological polar surface area (TPSA) is 75.1 Å². The molecule has 0 aromatic rings. The number of hydrogen-bond acceptors (Lipinski definition) is 3. The highest BCUT2D eigenvalue weighted by Crippen LogP contribution is 2.43. The Morgan fingerprint density at radius 3 is 2.67 bits per heavy atom. The molecule has 84 valence electrons. The van der Waals surface area contributed by atoms with E-state index in [0.29, 0.717) is 6.42 Å². The monoisotopic (exact) mass is 211 g/mol. The third-order valence-electron chi connectivity index (χ3n) is 3.11. The van der Waals surface area contributed by atoms with E-state index in [1.54, 1.807) is 0 Å². The molecule has 1 aliphatic rings. The van der Waals surface area contributed by atoms with Gasteiger partial charge in [0.2, 0.25) is 0 Å². The van der Waals surface area contributed by atoms with Crippen LogP contribution in [0.4, 0.5) is 0 Å². The van der Waals surface area contributed by atoms with Crippen molar-refractivity contribution >= 4 is 5.97 Å². The normalized spacial score (nSPS) is 20.4. The lowest BCUT2D eigenvalue weighted by Gasteiger charge is -2.27. The SMILES string of the molecule is COC(=O)C1(CC(C)N=[N+]=[N-])CCCC1. The molecule has 1 atom stereocenters. The highest BCUT2D eigenvalue weighted by molar-refractivity contribution is 5.77. The third-order valence-corrected chi connectivity index (χ3v) is 3.11. The Balaban J connectivity index is 2.73. The largest absolute Gasteiger partial charge is 0.469 e. The Kier molecular flexibility index (Phi) is 3.97. The maximum Gasteiger partial charge on any atom is 0.311 e. The fourth-order valence-electron chi connectivity index (χ4n) is 2.45. The van der Waals surface area contributed by atoms with Crippen molar-refractivity contribution in [1.82, 2.24) is 0 Å². The van der Waals surface area contributed by atoms with Crippen LogP contribution in [0.3, 0.4) is 0 Å². The number of ether oxygens (including phenoxy) is 1. The number of hydrogen-bond donors (Lipinski definition) is 0. The fraction of sp³-hybridized carbons (Fsp3) is 0.900. The molecule has 1 aliphatic carbocycles. The summed E-state index contributed by atoms with van der Waals surface area (Å²) < 4.78 is 4.84. The van der Waals surface area contributed by atoms with Gasteiger partial charge in [0.05, 0.1) is 12.5 Å². The molecule has 0 aromatic carbocycles. The van der Waals surface area contributed by atoms with Crippen LogP contribution in [0.25, 0.3) is 10.4 Å². The van der Waals surface area contributed by atoms with Gasteiger partial charge in [0, 0.05) is 11.0 Å². The molecule has 5 nitrogen and oxygen atoms in total. The zero-order valence-electron chi connectivity index (χ0n) is 9.27. The van der Waals surface area contributed by atoms with Crippen LogP contribution in [0.2, 0.25) is 0 Å². The van der Waals surface area contributed by atoms with Gasteiger partial charge in [-0.3, -0.25) is 4.79 Å². The first kappa shape index (κ1) is 11.9. The molecule has 1 fully saturated rings. The van der Waals surface area contributed by atoms with Crippen LogP contribution < -0.4 is 0 Å². The Bertz CT molecular complexity index is 278. The Hall–Kier alpha value is -1.22. The van der Waals surface area contributed by atoms with Crippen LogP contribution in [0.1, 0.15) is 39.0 Å². The van der Waals surface area contributed by atoms with Crippen molar-refractivity contribution in [2.24, 2.45) is 10.5 Å². The Labute approximate surface area is 89.4 Å². The number of nitrogens with zero attached hydrogens (tertiary/aromatic N) is 3. The molecule has 0 spiro atoms. The van der Waals surface area contributed by atoms with Gasteiger partial charge in [-0.1, -0.05) is 24.9 Å². The molecule has 0 aliphatic heterocycles. The van der Waals surface area contributed by atoms with Crippen LogP contribution >= 0.6 is 0 Å². The van der Waals surface area contributed by atoms with Crippen molar-refractivity contribution in [1.29, 1.82) is 0 Å². The van der Waals surface area contributed by atoms with Gasteiger partial charge in [-0.25, -0.2) is 0 Å². The van der Waals surface area contributed by atoms with Gasteiger partial charge in [0.1, 0.15) is 0 Å². The summed E-state index contributed by atoms with van der Waals surface area (Å²) in [4.78, 5) is 14.5. The molecular formula is C10H17N3O2. The van der Waals surface area contributed by atoms with Crippen molar-refractivity contribution in [3.63, 3.8) is 0 Å². The maximum absolute atomic E-state index is 11.7. The van der Waals surface area contributed by atoms with Gasteiger partial charge in [-0.15, -0.1) is 0 Å². The van der Waals surface area contributed by atoms with Crippen LogP contribution in [-0.2, 0) is 9.53 Å². The van der Waals surface area contributed by atoms with Crippen molar-refractivity contribution in [3.8, 4) is 0 Å². The smallest absolute Gasteiger partial charge is 0.311 e. The van der Waals surface area contributed by atoms with Gasteiger partial charge in [0.25, 0.3) is 0 Å². The van der Waals surface area contributed by atoms with Crippen LogP contribution in [0, 0.1) is 5.41 Å². The maximum atomic E-state index is 11.7. The quantitative estimate of drug-likeness (QED) is 0.310. The van der Waals surface area contributed by atoms with Crippen LogP contribution in [0.15, 0.2) is 5.11 Å². The number of carbonyl (C=O) groups is 1. The summed E-state index contributed by atoms with van der Waals surface area (Å²) in [5.41, 5.74) is 7.93. The van der Waals surface area contributed by atoms with Crippen LogP contribution in [0.5, 0.6) is 0 Å². The summed E-state index contributed by atoms with van der Waals surface area (Å²) in [5, 5.41) is 3.62. The summed E-state index contributed by atoms with van der Waals surface area (Å²) >= 11 is 0. The second kappa shape index (κ2) is 5.03.